The minimum absolute atomic E-state index is 0.00109. The molecule has 0 bridgehead atoms. The van der Waals surface area contributed by atoms with Crippen LogP contribution in [0.15, 0.2) is 133 Å². The SMILES string of the molecule is Cc1cc(C)c(-c2cc3c4c(c2)-n2c5ccc(-c6ccccc6)cc5c5cc(-c6ccccc6)cc(c52)B4c2cc(C(C)(C)C)ccc2O3)c(C)c1. The highest BCUT2D eigenvalue weighted by Gasteiger charge is 2.41. The van der Waals surface area contributed by atoms with Crippen LogP contribution in [0.1, 0.15) is 43.0 Å². The van der Waals surface area contributed by atoms with Gasteiger partial charge in [-0.1, -0.05) is 123 Å². The van der Waals surface area contributed by atoms with Crippen LogP contribution in [-0.2, 0) is 5.41 Å². The van der Waals surface area contributed by atoms with E-state index in [1.807, 2.05) is 0 Å². The molecule has 7 aromatic carbocycles. The Balaban J connectivity index is 1.36. The van der Waals surface area contributed by atoms with Crippen molar-refractivity contribution in [2.75, 3.05) is 0 Å². The van der Waals surface area contributed by atoms with Crippen LogP contribution in [0.3, 0.4) is 0 Å². The highest BCUT2D eigenvalue weighted by atomic mass is 16.5. The first-order valence-corrected chi connectivity index (χ1v) is 18.5. The van der Waals surface area contributed by atoms with Gasteiger partial charge >= 0.3 is 0 Å². The molecule has 2 aliphatic rings. The van der Waals surface area contributed by atoms with E-state index in [1.165, 1.54) is 99.5 Å². The maximum absolute atomic E-state index is 7.04. The summed E-state index contributed by atoms with van der Waals surface area (Å²) in [5.74, 6) is 1.89. The Morgan fingerprint density at radius 1 is 0.538 bits per heavy atom. The Morgan fingerprint density at radius 2 is 1.21 bits per heavy atom. The summed E-state index contributed by atoms with van der Waals surface area (Å²) < 4.78 is 9.58. The first kappa shape index (κ1) is 31.0. The van der Waals surface area contributed by atoms with Gasteiger partial charge in [0, 0.05) is 22.0 Å². The van der Waals surface area contributed by atoms with Gasteiger partial charge in [-0.3, -0.25) is 0 Å². The number of aromatic nitrogens is 1. The molecule has 0 atom stereocenters. The lowest BCUT2D eigenvalue weighted by molar-refractivity contribution is 0.486. The van der Waals surface area contributed by atoms with Crippen LogP contribution in [-0.4, -0.2) is 11.3 Å². The summed E-state index contributed by atoms with van der Waals surface area (Å²) in [6.45, 7) is 13.6. The topological polar surface area (TPSA) is 14.2 Å². The average molecular weight is 670 g/mol. The zero-order valence-corrected chi connectivity index (χ0v) is 30.6. The molecule has 250 valence electrons. The molecule has 3 heterocycles. The largest absolute Gasteiger partial charge is 0.458 e. The molecule has 0 saturated carbocycles. The number of hydrogen-bond acceptors (Lipinski definition) is 1. The molecular formula is C49H40BNO. The summed E-state index contributed by atoms with van der Waals surface area (Å²) in [5.41, 5.74) is 20.1. The van der Waals surface area contributed by atoms with Crippen LogP contribution in [0.4, 0.5) is 0 Å². The van der Waals surface area contributed by atoms with Crippen LogP contribution in [0.25, 0.3) is 60.9 Å². The lowest BCUT2D eigenvalue weighted by Crippen LogP contribution is -2.58. The van der Waals surface area contributed by atoms with Gasteiger partial charge in [-0.2, -0.15) is 0 Å². The van der Waals surface area contributed by atoms with Crippen LogP contribution < -0.4 is 21.1 Å². The molecule has 8 aromatic rings. The number of hydrogen-bond donors (Lipinski definition) is 0. The fourth-order valence-electron chi connectivity index (χ4n) is 9.14. The highest BCUT2D eigenvalue weighted by molar-refractivity contribution is 6.99. The number of ether oxygens (including phenoxy) is 1. The third-order valence-electron chi connectivity index (χ3n) is 11.4. The number of nitrogens with zero attached hydrogens (tertiary/aromatic N) is 1. The molecular weight excluding hydrogens is 629 g/mol. The predicted molar refractivity (Wildman–Crippen MR) is 221 cm³/mol. The van der Waals surface area contributed by atoms with Gasteiger partial charge in [0.05, 0.1) is 5.52 Å². The van der Waals surface area contributed by atoms with E-state index < -0.39 is 0 Å². The first-order chi connectivity index (χ1) is 25.1. The maximum Gasteiger partial charge on any atom is 0.256 e. The van der Waals surface area contributed by atoms with Crippen molar-refractivity contribution in [3.63, 3.8) is 0 Å². The van der Waals surface area contributed by atoms with Crippen molar-refractivity contribution in [3.05, 3.63) is 156 Å². The Labute approximate surface area is 306 Å². The smallest absolute Gasteiger partial charge is 0.256 e. The summed E-state index contributed by atoms with van der Waals surface area (Å²) >= 11 is 0. The summed E-state index contributed by atoms with van der Waals surface area (Å²) in [5, 5.41) is 2.55. The Morgan fingerprint density at radius 3 is 1.90 bits per heavy atom. The van der Waals surface area contributed by atoms with Crippen molar-refractivity contribution < 1.29 is 4.74 Å². The number of rotatable bonds is 3. The van der Waals surface area contributed by atoms with Gasteiger partial charge in [0.15, 0.2) is 0 Å². The van der Waals surface area contributed by atoms with E-state index in [2.05, 4.69) is 180 Å². The molecule has 0 spiro atoms. The van der Waals surface area contributed by atoms with Crippen LogP contribution in [0, 0.1) is 20.8 Å². The van der Waals surface area contributed by atoms with Gasteiger partial charge in [-0.25, -0.2) is 0 Å². The Kier molecular flexibility index (Phi) is 6.61. The average Bonchev–Trinajstić information content (AvgIpc) is 3.47. The Bertz CT molecular complexity index is 2740. The summed E-state index contributed by atoms with van der Waals surface area (Å²) in [6.07, 6.45) is 0. The molecule has 0 fully saturated rings. The van der Waals surface area contributed by atoms with Crippen LogP contribution in [0.2, 0.25) is 0 Å². The van der Waals surface area contributed by atoms with E-state index in [0.717, 1.165) is 11.5 Å². The van der Waals surface area contributed by atoms with Crippen molar-refractivity contribution in [2.45, 2.75) is 47.0 Å². The molecule has 10 rings (SSSR count). The van der Waals surface area contributed by atoms with Gasteiger partial charge in [0.2, 0.25) is 0 Å². The third-order valence-corrected chi connectivity index (χ3v) is 11.4. The van der Waals surface area contributed by atoms with Gasteiger partial charge < -0.3 is 9.30 Å². The van der Waals surface area contributed by atoms with E-state index in [4.69, 9.17) is 4.74 Å². The molecule has 2 aliphatic heterocycles. The number of benzene rings is 7. The molecule has 52 heavy (non-hydrogen) atoms. The number of fused-ring (bicyclic) bond motifs is 7. The van der Waals surface area contributed by atoms with Crippen LogP contribution >= 0.6 is 0 Å². The molecule has 0 saturated heterocycles. The van der Waals surface area contributed by atoms with Crippen molar-refractivity contribution in [1.29, 1.82) is 0 Å². The molecule has 0 N–H and O–H groups in total. The molecule has 2 nitrogen and oxygen atoms in total. The summed E-state index contributed by atoms with van der Waals surface area (Å²) in [7, 11) is 0. The lowest BCUT2D eigenvalue weighted by atomic mass is 9.34. The van der Waals surface area contributed by atoms with Crippen molar-refractivity contribution in [2.24, 2.45) is 0 Å². The highest BCUT2D eigenvalue weighted by Crippen LogP contribution is 2.43. The normalized spacial score (nSPS) is 12.9. The van der Waals surface area contributed by atoms with Crippen LogP contribution in [0.5, 0.6) is 11.5 Å². The quantitative estimate of drug-likeness (QED) is 0.171. The molecule has 0 unspecified atom stereocenters. The third kappa shape index (κ3) is 4.58. The lowest BCUT2D eigenvalue weighted by Gasteiger charge is -2.35. The molecule has 1 aromatic heterocycles. The van der Waals surface area contributed by atoms with Gasteiger partial charge in [-0.05, 0) is 129 Å². The Hall–Kier alpha value is -5.80. The minimum Gasteiger partial charge on any atom is -0.458 e. The van der Waals surface area contributed by atoms with Gasteiger partial charge in [0.25, 0.3) is 6.71 Å². The molecule has 0 aliphatic carbocycles. The fraction of sp³-hybridized carbons (Fsp3) is 0.143. The van der Waals surface area contributed by atoms with E-state index in [1.54, 1.807) is 0 Å². The molecule has 3 heteroatoms. The first-order valence-electron chi connectivity index (χ1n) is 18.5. The molecule has 0 radical (unpaired) electrons. The maximum atomic E-state index is 7.04. The fourth-order valence-corrected chi connectivity index (χ4v) is 9.14. The summed E-state index contributed by atoms with van der Waals surface area (Å²) in [4.78, 5) is 0. The minimum atomic E-state index is 0.00109. The van der Waals surface area contributed by atoms with Gasteiger partial charge in [0.1, 0.15) is 11.5 Å². The zero-order valence-electron chi connectivity index (χ0n) is 30.6. The van der Waals surface area contributed by atoms with E-state index >= 15 is 0 Å². The summed E-state index contributed by atoms with van der Waals surface area (Å²) in [6, 6.07) is 49.8. The van der Waals surface area contributed by atoms with E-state index in [9.17, 15) is 0 Å². The molecule has 0 amide bonds. The second-order valence-electron chi connectivity index (χ2n) is 16.0. The van der Waals surface area contributed by atoms with E-state index in [0.29, 0.717) is 0 Å². The zero-order chi connectivity index (χ0) is 35.5. The van der Waals surface area contributed by atoms with Crippen molar-refractivity contribution >= 4 is 44.9 Å². The standard InChI is InChI=1S/C49H40BNO/c1-29-21-30(2)46(31(3)22-29)36-26-43-47-45(27-36)52-44-20-18-37(49(4,5)6)28-40(44)50(47)41-25-35(33-15-11-8-12-16-33)24-39-38-23-34(32-13-9-7-10-14-32)17-19-42(38)51(43)48(39)41/h7-28H,1-6H3. The second-order valence-corrected chi connectivity index (χ2v) is 16.0. The second kappa shape index (κ2) is 11.1. The van der Waals surface area contributed by atoms with E-state index in [-0.39, 0.29) is 12.1 Å². The van der Waals surface area contributed by atoms with Crippen molar-refractivity contribution in [3.8, 4) is 50.6 Å². The number of aryl methyl sites for hydroxylation is 3. The van der Waals surface area contributed by atoms with Crippen molar-refractivity contribution in [1.82, 2.24) is 4.57 Å². The van der Waals surface area contributed by atoms with Gasteiger partial charge in [-0.15, -0.1) is 0 Å². The predicted octanol–water partition coefficient (Wildman–Crippen LogP) is 10.9. The monoisotopic (exact) mass is 669 g/mol.